The molecule has 0 saturated carbocycles. The monoisotopic (exact) mass is 385 g/mol. The van der Waals surface area contributed by atoms with Gasteiger partial charge in [-0.3, -0.25) is 4.98 Å². The van der Waals surface area contributed by atoms with Crippen molar-refractivity contribution in [2.24, 2.45) is 0 Å². The van der Waals surface area contributed by atoms with E-state index in [0.717, 1.165) is 22.8 Å². The zero-order valence-corrected chi connectivity index (χ0v) is 15.9. The summed E-state index contributed by atoms with van der Waals surface area (Å²) in [5.41, 5.74) is 1.77. The molecule has 27 heavy (non-hydrogen) atoms. The van der Waals surface area contributed by atoms with Crippen LogP contribution in [-0.2, 0) is 13.2 Å². The molecule has 0 atom stereocenters. The van der Waals surface area contributed by atoms with E-state index in [-0.39, 0.29) is 0 Å². The number of rotatable bonds is 8. The van der Waals surface area contributed by atoms with E-state index >= 15 is 0 Å². The van der Waals surface area contributed by atoms with Crippen LogP contribution in [0, 0.1) is 0 Å². The Morgan fingerprint density at radius 1 is 0.778 bits per heavy atom. The third-order valence-electron chi connectivity index (χ3n) is 3.87. The van der Waals surface area contributed by atoms with Crippen molar-refractivity contribution in [2.45, 2.75) is 13.2 Å². The number of halogens is 1. The van der Waals surface area contributed by atoms with Crippen LogP contribution in [0.5, 0.6) is 23.0 Å². The summed E-state index contributed by atoms with van der Waals surface area (Å²) < 4.78 is 21.7. The second-order valence-electron chi connectivity index (χ2n) is 5.71. The smallest absolute Gasteiger partial charge is 0.138 e. The van der Waals surface area contributed by atoms with Gasteiger partial charge in [0, 0.05) is 17.8 Å². The number of nitrogens with zero attached hydrogens (tertiary/aromatic N) is 1. The van der Waals surface area contributed by atoms with Gasteiger partial charge in [0.05, 0.1) is 24.9 Å². The lowest BCUT2D eigenvalue weighted by Gasteiger charge is -2.10. The molecule has 0 fully saturated rings. The lowest BCUT2D eigenvalue weighted by atomic mass is 10.2. The van der Waals surface area contributed by atoms with Crippen LogP contribution in [-0.4, -0.2) is 19.2 Å². The maximum Gasteiger partial charge on any atom is 0.138 e. The van der Waals surface area contributed by atoms with Gasteiger partial charge in [0.15, 0.2) is 0 Å². The molecule has 1 aromatic heterocycles. The van der Waals surface area contributed by atoms with Crippen molar-refractivity contribution in [1.82, 2.24) is 4.98 Å². The van der Waals surface area contributed by atoms with Crippen LogP contribution in [0.2, 0.25) is 5.02 Å². The van der Waals surface area contributed by atoms with Crippen molar-refractivity contribution >= 4 is 11.6 Å². The van der Waals surface area contributed by atoms with Gasteiger partial charge in [-0.2, -0.15) is 0 Å². The Hall–Kier alpha value is -2.92. The fourth-order valence-electron chi connectivity index (χ4n) is 2.34. The van der Waals surface area contributed by atoms with Gasteiger partial charge in [-0.25, -0.2) is 0 Å². The highest BCUT2D eigenvalue weighted by molar-refractivity contribution is 6.32. The van der Waals surface area contributed by atoms with E-state index in [9.17, 15) is 0 Å². The lowest BCUT2D eigenvalue weighted by Crippen LogP contribution is -2.01. The number of methoxy groups -OCH3 is 2. The third-order valence-corrected chi connectivity index (χ3v) is 4.16. The molecule has 0 saturated heterocycles. The predicted molar refractivity (Wildman–Crippen MR) is 104 cm³/mol. The molecule has 5 nitrogen and oxygen atoms in total. The van der Waals surface area contributed by atoms with E-state index < -0.39 is 0 Å². The van der Waals surface area contributed by atoms with Gasteiger partial charge in [-0.05, 0) is 42.5 Å². The molecule has 3 aromatic rings. The number of ether oxygens (including phenoxy) is 4. The zero-order valence-electron chi connectivity index (χ0n) is 15.1. The zero-order chi connectivity index (χ0) is 19.1. The molecule has 0 unspecified atom stereocenters. The Morgan fingerprint density at radius 2 is 1.48 bits per heavy atom. The average molecular weight is 386 g/mol. The highest BCUT2D eigenvalue weighted by Gasteiger charge is 2.05. The van der Waals surface area contributed by atoms with Crippen LogP contribution in [0.15, 0.2) is 60.8 Å². The summed E-state index contributed by atoms with van der Waals surface area (Å²) in [6, 6.07) is 16.6. The van der Waals surface area contributed by atoms with Gasteiger partial charge in [-0.1, -0.05) is 17.7 Å². The van der Waals surface area contributed by atoms with Crippen molar-refractivity contribution in [1.29, 1.82) is 0 Å². The summed E-state index contributed by atoms with van der Waals surface area (Å²) in [6.07, 6.45) is 1.78. The highest BCUT2D eigenvalue weighted by Crippen LogP contribution is 2.29. The Labute approximate surface area is 163 Å². The molecule has 140 valence electrons. The molecule has 0 amide bonds. The van der Waals surface area contributed by atoms with Gasteiger partial charge >= 0.3 is 0 Å². The SMILES string of the molecule is COc1ccc(OCc2ccc(COc3ccc(OC)cc3Cl)nc2)cc1. The van der Waals surface area contributed by atoms with Crippen LogP contribution in [0.1, 0.15) is 11.3 Å². The van der Waals surface area contributed by atoms with Gasteiger partial charge < -0.3 is 18.9 Å². The van der Waals surface area contributed by atoms with E-state index in [1.54, 1.807) is 38.6 Å². The van der Waals surface area contributed by atoms with Crippen LogP contribution in [0.25, 0.3) is 0 Å². The first-order valence-corrected chi connectivity index (χ1v) is 8.72. The third kappa shape index (κ3) is 5.28. The Balaban J connectivity index is 1.52. The summed E-state index contributed by atoms with van der Waals surface area (Å²) in [6.45, 7) is 0.760. The first-order valence-electron chi connectivity index (χ1n) is 8.35. The number of benzene rings is 2. The summed E-state index contributed by atoms with van der Waals surface area (Å²) in [7, 11) is 3.23. The molecule has 0 aliphatic rings. The number of hydrogen-bond donors (Lipinski definition) is 0. The van der Waals surface area contributed by atoms with Gasteiger partial charge in [0.25, 0.3) is 0 Å². The summed E-state index contributed by atoms with van der Waals surface area (Å²) >= 11 is 6.17. The fraction of sp³-hybridized carbons (Fsp3) is 0.190. The maximum absolute atomic E-state index is 6.17. The molecule has 0 aliphatic heterocycles. The van der Waals surface area contributed by atoms with E-state index in [1.165, 1.54) is 0 Å². The van der Waals surface area contributed by atoms with Gasteiger partial charge in [-0.15, -0.1) is 0 Å². The minimum Gasteiger partial charge on any atom is -0.497 e. The minimum absolute atomic E-state index is 0.325. The Morgan fingerprint density at radius 3 is 2.11 bits per heavy atom. The molecule has 0 bridgehead atoms. The minimum atomic E-state index is 0.325. The first-order chi connectivity index (χ1) is 13.2. The molecular formula is C21H20ClNO4. The van der Waals surface area contributed by atoms with Gasteiger partial charge in [0.1, 0.15) is 36.2 Å². The van der Waals surface area contributed by atoms with Crippen molar-refractivity contribution in [3.8, 4) is 23.0 Å². The number of hydrogen-bond acceptors (Lipinski definition) is 5. The number of aromatic nitrogens is 1. The van der Waals surface area contributed by atoms with Crippen LogP contribution < -0.4 is 18.9 Å². The van der Waals surface area contributed by atoms with Crippen molar-refractivity contribution < 1.29 is 18.9 Å². The molecule has 2 aromatic carbocycles. The second kappa shape index (κ2) is 9.14. The summed E-state index contributed by atoms with van der Waals surface area (Å²) in [5, 5.41) is 0.499. The molecular weight excluding hydrogens is 366 g/mol. The maximum atomic E-state index is 6.17. The predicted octanol–water partition coefficient (Wildman–Crippen LogP) is 4.91. The lowest BCUT2D eigenvalue weighted by molar-refractivity contribution is 0.297. The normalized spacial score (nSPS) is 10.3. The van der Waals surface area contributed by atoms with E-state index in [0.29, 0.717) is 29.7 Å². The summed E-state index contributed by atoms with van der Waals surface area (Å²) in [4.78, 5) is 4.40. The molecule has 0 aliphatic carbocycles. The topological polar surface area (TPSA) is 49.8 Å². The largest absolute Gasteiger partial charge is 0.497 e. The molecule has 0 spiro atoms. The van der Waals surface area contributed by atoms with Crippen molar-refractivity contribution in [2.75, 3.05) is 14.2 Å². The molecule has 1 heterocycles. The fourth-order valence-corrected chi connectivity index (χ4v) is 2.57. The van der Waals surface area contributed by atoms with Crippen LogP contribution in [0.4, 0.5) is 0 Å². The van der Waals surface area contributed by atoms with Crippen LogP contribution >= 0.6 is 11.6 Å². The highest BCUT2D eigenvalue weighted by atomic mass is 35.5. The molecule has 3 rings (SSSR count). The Bertz CT molecular complexity index is 866. The van der Waals surface area contributed by atoms with Gasteiger partial charge in [0.2, 0.25) is 0 Å². The van der Waals surface area contributed by atoms with E-state index in [2.05, 4.69) is 4.98 Å². The summed E-state index contributed by atoms with van der Waals surface area (Å²) in [5.74, 6) is 2.85. The standard InChI is InChI=1S/C21H20ClNO4/c1-24-17-5-7-18(8-6-17)26-13-15-3-4-16(23-12-15)14-27-21-10-9-19(25-2)11-20(21)22/h3-12H,13-14H2,1-2H3. The van der Waals surface area contributed by atoms with E-state index in [4.69, 9.17) is 30.5 Å². The Kier molecular flexibility index (Phi) is 6.39. The molecule has 0 radical (unpaired) electrons. The quantitative estimate of drug-likeness (QED) is 0.551. The van der Waals surface area contributed by atoms with Crippen LogP contribution in [0.3, 0.4) is 0 Å². The first kappa shape index (κ1) is 18.9. The molecule has 6 heteroatoms. The van der Waals surface area contributed by atoms with Crippen molar-refractivity contribution in [3.05, 3.63) is 77.1 Å². The average Bonchev–Trinajstić information content (AvgIpc) is 2.72. The van der Waals surface area contributed by atoms with E-state index in [1.807, 2.05) is 36.4 Å². The molecule has 0 N–H and O–H groups in total. The van der Waals surface area contributed by atoms with Crippen molar-refractivity contribution in [3.63, 3.8) is 0 Å². The number of pyridine rings is 1. The second-order valence-corrected chi connectivity index (χ2v) is 6.11.